The second-order valence-electron chi connectivity index (χ2n) is 6.82. The highest BCUT2D eigenvalue weighted by atomic mass is 16.5. The third kappa shape index (κ3) is 3.39. The molecule has 0 fully saturated rings. The van der Waals surface area contributed by atoms with E-state index in [0.29, 0.717) is 29.3 Å². The highest BCUT2D eigenvalue weighted by molar-refractivity contribution is 5.86. The molecule has 0 saturated carbocycles. The van der Waals surface area contributed by atoms with Gasteiger partial charge in [-0.2, -0.15) is 10.4 Å². The van der Waals surface area contributed by atoms with Gasteiger partial charge in [0, 0.05) is 18.2 Å². The molecule has 144 valence electrons. The van der Waals surface area contributed by atoms with E-state index in [1.807, 2.05) is 43.3 Å². The van der Waals surface area contributed by atoms with Crippen LogP contribution in [0.5, 0.6) is 11.5 Å². The molecule has 0 atom stereocenters. The molecule has 2 aromatic carbocycles. The Morgan fingerprint density at radius 1 is 1.10 bits per heavy atom. The molecule has 0 bridgehead atoms. The topological polar surface area (TPSA) is 79.5 Å². The van der Waals surface area contributed by atoms with Crippen LogP contribution in [-0.2, 0) is 6.42 Å². The SMILES string of the molecule is COc1cc2c(cc1OC)-c1c(cnc(N/N=C\c3ccc(C)cc3)c1C#N)C2. The molecular weight excluding hydrogens is 364 g/mol. The van der Waals surface area contributed by atoms with Crippen molar-refractivity contribution in [2.75, 3.05) is 19.6 Å². The Hall–Kier alpha value is -3.85. The minimum absolute atomic E-state index is 0.428. The Balaban J connectivity index is 1.70. The van der Waals surface area contributed by atoms with Gasteiger partial charge in [0.25, 0.3) is 0 Å². The Morgan fingerprint density at radius 3 is 2.52 bits per heavy atom. The second-order valence-corrected chi connectivity index (χ2v) is 6.82. The summed E-state index contributed by atoms with van der Waals surface area (Å²) < 4.78 is 10.8. The van der Waals surface area contributed by atoms with Crippen molar-refractivity contribution < 1.29 is 9.47 Å². The molecule has 0 unspecified atom stereocenters. The summed E-state index contributed by atoms with van der Waals surface area (Å²) in [5.74, 6) is 1.73. The Morgan fingerprint density at radius 2 is 1.83 bits per heavy atom. The summed E-state index contributed by atoms with van der Waals surface area (Å²) >= 11 is 0. The van der Waals surface area contributed by atoms with Crippen LogP contribution in [0.25, 0.3) is 11.1 Å². The summed E-state index contributed by atoms with van der Waals surface area (Å²) in [7, 11) is 3.22. The van der Waals surface area contributed by atoms with Crippen LogP contribution in [0.1, 0.15) is 27.8 Å². The molecule has 0 amide bonds. The van der Waals surface area contributed by atoms with Gasteiger partial charge in [0.2, 0.25) is 0 Å². The summed E-state index contributed by atoms with van der Waals surface area (Å²) in [5, 5.41) is 14.1. The summed E-state index contributed by atoms with van der Waals surface area (Å²) in [6.07, 6.45) is 4.19. The minimum Gasteiger partial charge on any atom is -0.493 e. The fourth-order valence-electron chi connectivity index (χ4n) is 3.51. The lowest BCUT2D eigenvalue weighted by molar-refractivity contribution is 0.355. The van der Waals surface area contributed by atoms with Gasteiger partial charge in [0.05, 0.1) is 20.4 Å². The number of anilines is 1. The van der Waals surface area contributed by atoms with E-state index in [2.05, 4.69) is 21.6 Å². The standard InChI is InChI=1S/C23H20N4O2/c1-14-4-6-15(7-5-14)12-26-27-23-19(11-24)22-17(13-25-23)8-16-9-20(28-2)21(29-3)10-18(16)22/h4-7,9-10,12-13H,8H2,1-3H3,(H,25,27)/b26-12-. The first-order valence-corrected chi connectivity index (χ1v) is 9.17. The smallest absolute Gasteiger partial charge is 0.164 e. The molecule has 1 aliphatic rings. The number of hydrogen-bond acceptors (Lipinski definition) is 6. The normalized spacial score (nSPS) is 11.7. The molecular formula is C23H20N4O2. The molecule has 6 heteroatoms. The summed E-state index contributed by atoms with van der Waals surface area (Å²) in [6.45, 7) is 2.04. The third-order valence-corrected chi connectivity index (χ3v) is 4.99. The summed E-state index contributed by atoms with van der Waals surface area (Å²) in [6, 6.07) is 14.2. The summed E-state index contributed by atoms with van der Waals surface area (Å²) in [5.41, 5.74) is 9.44. The van der Waals surface area contributed by atoms with E-state index in [0.717, 1.165) is 27.8 Å². The minimum atomic E-state index is 0.428. The van der Waals surface area contributed by atoms with Gasteiger partial charge in [-0.25, -0.2) is 4.98 Å². The first-order valence-electron chi connectivity index (χ1n) is 9.17. The van der Waals surface area contributed by atoms with Gasteiger partial charge in [-0.15, -0.1) is 0 Å². The lowest BCUT2D eigenvalue weighted by Gasteiger charge is -2.11. The Kier molecular flexibility index (Phi) is 4.88. The monoisotopic (exact) mass is 384 g/mol. The maximum absolute atomic E-state index is 9.84. The van der Waals surface area contributed by atoms with Crippen LogP contribution in [0, 0.1) is 18.3 Å². The number of aromatic nitrogens is 1. The zero-order valence-electron chi connectivity index (χ0n) is 16.5. The van der Waals surface area contributed by atoms with Gasteiger partial charge in [0.15, 0.2) is 17.3 Å². The number of hydrogen-bond donors (Lipinski definition) is 1. The van der Waals surface area contributed by atoms with Crippen molar-refractivity contribution in [2.45, 2.75) is 13.3 Å². The highest BCUT2D eigenvalue weighted by Crippen LogP contribution is 2.45. The van der Waals surface area contributed by atoms with Gasteiger partial charge >= 0.3 is 0 Å². The van der Waals surface area contributed by atoms with Crippen molar-refractivity contribution in [3.63, 3.8) is 0 Å². The van der Waals surface area contributed by atoms with Gasteiger partial charge < -0.3 is 9.47 Å². The molecule has 29 heavy (non-hydrogen) atoms. The molecule has 1 N–H and O–H groups in total. The predicted molar refractivity (Wildman–Crippen MR) is 113 cm³/mol. The fourth-order valence-corrected chi connectivity index (χ4v) is 3.51. The van der Waals surface area contributed by atoms with E-state index >= 15 is 0 Å². The zero-order valence-corrected chi connectivity index (χ0v) is 16.5. The highest BCUT2D eigenvalue weighted by Gasteiger charge is 2.26. The number of hydrazone groups is 1. The van der Waals surface area contributed by atoms with Crippen molar-refractivity contribution in [1.82, 2.24) is 4.98 Å². The van der Waals surface area contributed by atoms with Gasteiger partial charge in [-0.1, -0.05) is 29.8 Å². The van der Waals surface area contributed by atoms with E-state index in [4.69, 9.17) is 9.47 Å². The number of nitriles is 1. The van der Waals surface area contributed by atoms with Crippen molar-refractivity contribution in [3.05, 3.63) is 70.4 Å². The van der Waals surface area contributed by atoms with Crippen LogP contribution < -0.4 is 14.9 Å². The quantitative estimate of drug-likeness (QED) is 0.410. The Labute approximate surface area is 169 Å². The zero-order chi connectivity index (χ0) is 20.4. The predicted octanol–water partition coefficient (Wildman–Crippen LogP) is 4.30. The molecule has 6 nitrogen and oxygen atoms in total. The van der Waals surface area contributed by atoms with Crippen molar-refractivity contribution in [3.8, 4) is 28.7 Å². The molecule has 1 aliphatic carbocycles. The lowest BCUT2D eigenvalue weighted by Crippen LogP contribution is -2.00. The van der Waals surface area contributed by atoms with E-state index in [1.54, 1.807) is 26.6 Å². The van der Waals surface area contributed by atoms with Crippen molar-refractivity contribution >= 4 is 12.0 Å². The number of aryl methyl sites for hydroxylation is 1. The van der Waals surface area contributed by atoms with Crippen molar-refractivity contribution in [1.29, 1.82) is 5.26 Å². The summed E-state index contributed by atoms with van der Waals surface area (Å²) in [4.78, 5) is 4.42. The molecule has 0 saturated heterocycles. The number of nitrogens with one attached hydrogen (secondary N) is 1. The van der Waals surface area contributed by atoms with Crippen LogP contribution in [0.3, 0.4) is 0 Å². The molecule has 1 aromatic heterocycles. The first kappa shape index (κ1) is 18.5. The lowest BCUT2D eigenvalue weighted by atomic mass is 10.0. The van der Waals surface area contributed by atoms with Crippen LogP contribution >= 0.6 is 0 Å². The van der Waals surface area contributed by atoms with Crippen LogP contribution in [0.15, 0.2) is 47.7 Å². The maximum Gasteiger partial charge on any atom is 0.164 e. The molecule has 0 spiro atoms. The average molecular weight is 384 g/mol. The first-order chi connectivity index (χ1) is 14.1. The average Bonchev–Trinajstić information content (AvgIpc) is 3.11. The van der Waals surface area contributed by atoms with Crippen molar-refractivity contribution in [2.24, 2.45) is 5.10 Å². The Bertz CT molecular complexity index is 1150. The van der Waals surface area contributed by atoms with Crippen LogP contribution in [0.2, 0.25) is 0 Å². The molecule has 0 radical (unpaired) electrons. The number of benzene rings is 2. The largest absolute Gasteiger partial charge is 0.493 e. The van der Waals surface area contributed by atoms with Gasteiger partial charge in [0.1, 0.15) is 11.6 Å². The second kappa shape index (κ2) is 7.64. The van der Waals surface area contributed by atoms with E-state index in [9.17, 15) is 5.26 Å². The number of methoxy groups -OCH3 is 2. The van der Waals surface area contributed by atoms with E-state index in [-0.39, 0.29) is 0 Å². The molecule has 1 heterocycles. The molecule has 0 aliphatic heterocycles. The third-order valence-electron chi connectivity index (χ3n) is 4.99. The maximum atomic E-state index is 9.84. The number of nitrogens with zero attached hydrogens (tertiary/aromatic N) is 3. The fraction of sp³-hybridized carbons (Fsp3) is 0.174. The van der Waals surface area contributed by atoms with Crippen LogP contribution in [0.4, 0.5) is 5.82 Å². The van der Waals surface area contributed by atoms with Gasteiger partial charge in [-0.3, -0.25) is 5.43 Å². The van der Waals surface area contributed by atoms with E-state index < -0.39 is 0 Å². The molecule has 4 rings (SSSR count). The van der Waals surface area contributed by atoms with Crippen LogP contribution in [-0.4, -0.2) is 25.4 Å². The number of pyridine rings is 1. The molecule has 3 aromatic rings. The number of fused-ring (bicyclic) bond motifs is 3. The van der Waals surface area contributed by atoms with Gasteiger partial charge in [-0.05, 0) is 41.3 Å². The van der Waals surface area contributed by atoms with E-state index in [1.165, 1.54) is 5.56 Å². The number of ether oxygens (including phenoxy) is 2. The number of rotatable bonds is 5.